The van der Waals surface area contributed by atoms with Crippen LogP contribution in [0.2, 0.25) is 0 Å². The number of aromatic nitrogens is 1. The largest absolute Gasteiger partial charge is 0.496 e. The van der Waals surface area contributed by atoms with Crippen molar-refractivity contribution in [2.24, 2.45) is 5.73 Å². The highest BCUT2D eigenvalue weighted by Gasteiger charge is 2.35. The molecule has 2 N–H and O–H groups in total. The lowest BCUT2D eigenvalue weighted by Gasteiger charge is -2.27. The van der Waals surface area contributed by atoms with Crippen LogP contribution < -0.4 is 20.8 Å². The number of nitriles is 1. The quantitative estimate of drug-likeness (QED) is 0.701. The molecular weight excluding hydrogens is 397 g/mol. The first-order valence-corrected chi connectivity index (χ1v) is 9.64. The molecule has 0 saturated carbocycles. The first-order chi connectivity index (χ1) is 15.0. The van der Waals surface area contributed by atoms with Crippen LogP contribution in [0.25, 0.3) is 0 Å². The van der Waals surface area contributed by atoms with Crippen molar-refractivity contribution in [2.45, 2.75) is 19.4 Å². The maximum Gasteiger partial charge on any atom is 0.259 e. The Balaban J connectivity index is 1.95. The third-order valence-corrected chi connectivity index (χ3v) is 5.43. The first-order valence-electron chi connectivity index (χ1n) is 9.64. The van der Waals surface area contributed by atoms with E-state index in [-0.39, 0.29) is 40.4 Å². The molecule has 0 spiro atoms. The second-order valence-corrected chi connectivity index (χ2v) is 7.21. The number of rotatable bonds is 4. The normalized spacial score (nSPS) is 15.1. The third-order valence-electron chi connectivity index (χ3n) is 5.43. The van der Waals surface area contributed by atoms with Gasteiger partial charge in [-0.3, -0.25) is 4.79 Å². The van der Waals surface area contributed by atoms with Gasteiger partial charge < -0.3 is 19.8 Å². The second kappa shape index (κ2) is 8.00. The van der Waals surface area contributed by atoms with Gasteiger partial charge in [-0.1, -0.05) is 36.4 Å². The number of benzene rings is 2. The van der Waals surface area contributed by atoms with Gasteiger partial charge in [-0.05, 0) is 19.1 Å². The molecule has 0 unspecified atom stereocenters. The number of hydrogen-bond donors (Lipinski definition) is 1. The van der Waals surface area contributed by atoms with Gasteiger partial charge in [0, 0.05) is 22.9 Å². The fourth-order valence-electron chi connectivity index (χ4n) is 3.91. The molecule has 156 valence electrons. The summed E-state index contributed by atoms with van der Waals surface area (Å²) in [5, 5.41) is 9.71. The molecule has 0 aliphatic carbocycles. The number of fused-ring (bicyclic) bond motifs is 1. The SMILES string of the molecule is COc1ccccc1Cn1c(C)cc2c(c1=O)[C@H](c1ccccc1F)C(C#N)=C(N)O2. The fraction of sp³-hybridized carbons (Fsp3) is 0.167. The van der Waals surface area contributed by atoms with Crippen LogP contribution in [-0.2, 0) is 6.54 Å². The van der Waals surface area contributed by atoms with Crippen LogP contribution in [-0.4, -0.2) is 11.7 Å². The lowest BCUT2D eigenvalue weighted by molar-refractivity contribution is 0.387. The van der Waals surface area contributed by atoms with Crippen LogP contribution in [0.3, 0.4) is 0 Å². The molecular formula is C24H20FN3O3. The van der Waals surface area contributed by atoms with Crippen molar-refractivity contribution < 1.29 is 13.9 Å². The first kappa shape index (κ1) is 20.2. The molecule has 0 saturated heterocycles. The lowest BCUT2D eigenvalue weighted by Crippen LogP contribution is -2.33. The topological polar surface area (TPSA) is 90.3 Å². The number of pyridine rings is 1. The number of ether oxygens (including phenoxy) is 2. The molecule has 2 heterocycles. The predicted molar refractivity (Wildman–Crippen MR) is 113 cm³/mol. The van der Waals surface area contributed by atoms with E-state index in [4.69, 9.17) is 15.2 Å². The lowest BCUT2D eigenvalue weighted by atomic mass is 9.83. The van der Waals surface area contributed by atoms with Gasteiger partial charge in [0.2, 0.25) is 5.88 Å². The number of para-hydroxylation sites is 1. The zero-order valence-corrected chi connectivity index (χ0v) is 17.1. The zero-order chi connectivity index (χ0) is 22.1. The molecule has 7 heteroatoms. The monoisotopic (exact) mass is 417 g/mol. The van der Waals surface area contributed by atoms with Crippen LogP contribution in [0.15, 0.2) is 70.8 Å². The van der Waals surface area contributed by atoms with Crippen LogP contribution in [0.1, 0.15) is 28.3 Å². The van der Waals surface area contributed by atoms with Gasteiger partial charge in [0.1, 0.15) is 29.0 Å². The number of methoxy groups -OCH3 is 1. The standard InChI is InChI=1S/C24H20FN3O3/c1-14-11-20-22(24(29)28(14)13-15-7-3-6-10-19(15)30-2)21(17(12-26)23(27)31-20)16-8-4-5-9-18(16)25/h3-11,21H,13,27H2,1-2H3/t21-/m1/s1. The maximum absolute atomic E-state index is 14.7. The summed E-state index contributed by atoms with van der Waals surface area (Å²) in [7, 11) is 1.57. The van der Waals surface area contributed by atoms with Gasteiger partial charge in [0.05, 0.1) is 25.1 Å². The average Bonchev–Trinajstić information content (AvgIpc) is 2.76. The maximum atomic E-state index is 14.7. The summed E-state index contributed by atoms with van der Waals surface area (Å²) in [5.41, 5.74) is 7.40. The van der Waals surface area contributed by atoms with Crippen molar-refractivity contribution in [1.29, 1.82) is 5.26 Å². The minimum absolute atomic E-state index is 0.00222. The van der Waals surface area contributed by atoms with Gasteiger partial charge in [-0.15, -0.1) is 0 Å². The minimum atomic E-state index is -0.966. The van der Waals surface area contributed by atoms with E-state index in [1.54, 1.807) is 42.9 Å². The molecule has 1 aliphatic rings. The molecule has 1 aromatic heterocycles. The van der Waals surface area contributed by atoms with E-state index in [0.29, 0.717) is 11.4 Å². The highest BCUT2D eigenvalue weighted by Crippen LogP contribution is 2.41. The number of halogens is 1. The molecule has 1 atom stereocenters. The highest BCUT2D eigenvalue weighted by molar-refractivity contribution is 5.55. The summed E-state index contributed by atoms with van der Waals surface area (Å²) in [5.74, 6) is -0.757. The van der Waals surface area contributed by atoms with E-state index in [9.17, 15) is 14.4 Å². The van der Waals surface area contributed by atoms with E-state index in [1.807, 2.05) is 30.3 Å². The summed E-state index contributed by atoms with van der Waals surface area (Å²) in [6, 6.07) is 17.1. The molecule has 2 aromatic carbocycles. The van der Waals surface area contributed by atoms with Crippen molar-refractivity contribution >= 4 is 0 Å². The Bertz CT molecular complexity index is 1300. The summed E-state index contributed by atoms with van der Waals surface area (Å²) in [6.07, 6.45) is 0. The molecule has 3 aromatic rings. The van der Waals surface area contributed by atoms with Gasteiger partial charge in [-0.2, -0.15) is 5.26 Å². The highest BCUT2D eigenvalue weighted by atomic mass is 19.1. The molecule has 0 amide bonds. The summed E-state index contributed by atoms with van der Waals surface area (Å²) in [4.78, 5) is 13.6. The van der Waals surface area contributed by atoms with Crippen molar-refractivity contribution in [3.05, 3.63) is 105 Å². The zero-order valence-electron chi connectivity index (χ0n) is 17.1. The van der Waals surface area contributed by atoms with E-state index in [2.05, 4.69) is 0 Å². The van der Waals surface area contributed by atoms with Crippen molar-refractivity contribution in [3.8, 4) is 17.6 Å². The van der Waals surface area contributed by atoms with Gasteiger partial charge in [-0.25, -0.2) is 4.39 Å². The predicted octanol–water partition coefficient (Wildman–Crippen LogP) is 3.57. The number of aryl methyl sites for hydroxylation is 1. The van der Waals surface area contributed by atoms with Gasteiger partial charge >= 0.3 is 0 Å². The smallest absolute Gasteiger partial charge is 0.259 e. The van der Waals surface area contributed by atoms with E-state index >= 15 is 0 Å². The average molecular weight is 417 g/mol. The second-order valence-electron chi connectivity index (χ2n) is 7.21. The number of allylic oxidation sites excluding steroid dienone is 1. The van der Waals surface area contributed by atoms with Crippen LogP contribution >= 0.6 is 0 Å². The molecule has 0 fully saturated rings. The molecule has 0 bridgehead atoms. The van der Waals surface area contributed by atoms with Gasteiger partial charge in [0.15, 0.2) is 0 Å². The Morgan fingerprint density at radius 1 is 1.23 bits per heavy atom. The molecule has 31 heavy (non-hydrogen) atoms. The minimum Gasteiger partial charge on any atom is -0.496 e. The molecule has 4 rings (SSSR count). The summed E-state index contributed by atoms with van der Waals surface area (Å²) >= 11 is 0. The van der Waals surface area contributed by atoms with Crippen molar-refractivity contribution in [3.63, 3.8) is 0 Å². The Labute approximate surface area is 178 Å². The molecule has 1 aliphatic heterocycles. The Morgan fingerprint density at radius 3 is 2.65 bits per heavy atom. The Morgan fingerprint density at radius 2 is 1.94 bits per heavy atom. The Kier molecular flexibility index (Phi) is 5.22. The number of nitrogens with zero attached hydrogens (tertiary/aromatic N) is 2. The Hall–Kier alpha value is -4.05. The van der Waals surface area contributed by atoms with E-state index < -0.39 is 11.7 Å². The van der Waals surface area contributed by atoms with Crippen molar-refractivity contribution in [1.82, 2.24) is 4.57 Å². The van der Waals surface area contributed by atoms with Crippen molar-refractivity contribution in [2.75, 3.05) is 7.11 Å². The number of hydrogen-bond acceptors (Lipinski definition) is 5. The van der Waals surface area contributed by atoms with Crippen LogP contribution in [0, 0.1) is 24.1 Å². The van der Waals surface area contributed by atoms with Crippen LogP contribution in [0.5, 0.6) is 11.5 Å². The van der Waals surface area contributed by atoms with E-state index in [0.717, 1.165) is 5.56 Å². The summed E-state index contributed by atoms with van der Waals surface area (Å²) < 4.78 is 27.3. The molecule has 6 nitrogen and oxygen atoms in total. The van der Waals surface area contributed by atoms with E-state index in [1.165, 1.54) is 6.07 Å². The van der Waals surface area contributed by atoms with Crippen LogP contribution in [0.4, 0.5) is 4.39 Å². The fourth-order valence-corrected chi connectivity index (χ4v) is 3.91. The molecule has 0 radical (unpaired) electrons. The van der Waals surface area contributed by atoms with Gasteiger partial charge in [0.25, 0.3) is 5.56 Å². The summed E-state index contributed by atoms with van der Waals surface area (Å²) in [6.45, 7) is 2.02. The number of nitrogens with two attached hydrogens (primary N) is 1. The third kappa shape index (κ3) is 3.42.